The van der Waals surface area contributed by atoms with Crippen LogP contribution in [-0.2, 0) is 0 Å². The van der Waals surface area contributed by atoms with Crippen LogP contribution in [0.1, 0.15) is 10.6 Å². The number of nitrogens with zero attached hydrogens (tertiary/aromatic N) is 2. The lowest BCUT2D eigenvalue weighted by atomic mass is 10.1. The van der Waals surface area contributed by atoms with Crippen LogP contribution in [-0.4, -0.2) is 20.9 Å². The minimum atomic E-state index is -0.515. The van der Waals surface area contributed by atoms with Gasteiger partial charge in [0.2, 0.25) is 0 Å². The first-order valence-corrected chi connectivity index (χ1v) is 10.6. The zero-order valence-corrected chi connectivity index (χ0v) is 17.7. The Bertz CT molecular complexity index is 1490. The van der Waals surface area contributed by atoms with Gasteiger partial charge in [0.25, 0.3) is 11.6 Å². The average Bonchev–Trinajstić information content (AvgIpc) is 3.47. The molecule has 0 spiro atoms. The van der Waals surface area contributed by atoms with Gasteiger partial charge in [0.05, 0.1) is 20.7 Å². The number of non-ortho nitro benzene ring substituents is 1. The van der Waals surface area contributed by atoms with Crippen molar-refractivity contribution in [1.29, 1.82) is 0 Å². The number of phenols is 1. The molecule has 0 atom stereocenters. The van der Waals surface area contributed by atoms with Crippen LogP contribution in [0, 0.1) is 10.1 Å². The molecule has 5 rings (SSSR count). The molecule has 0 saturated carbocycles. The van der Waals surface area contributed by atoms with Gasteiger partial charge in [-0.2, -0.15) is 0 Å². The zero-order chi connectivity index (χ0) is 22.9. The highest BCUT2D eigenvalue weighted by atomic mass is 32.1. The quantitative estimate of drug-likeness (QED) is 0.243. The van der Waals surface area contributed by atoms with E-state index in [1.165, 1.54) is 35.6 Å². The van der Waals surface area contributed by atoms with Gasteiger partial charge in [0.15, 0.2) is 5.76 Å². The molecule has 2 heterocycles. The lowest BCUT2D eigenvalue weighted by molar-refractivity contribution is -0.384. The van der Waals surface area contributed by atoms with Gasteiger partial charge in [-0.05, 0) is 36.4 Å². The Morgan fingerprint density at radius 3 is 2.67 bits per heavy atom. The molecule has 9 heteroatoms. The predicted molar refractivity (Wildman–Crippen MR) is 125 cm³/mol. The summed E-state index contributed by atoms with van der Waals surface area (Å²) >= 11 is 1.47. The molecule has 2 N–H and O–H groups in total. The lowest BCUT2D eigenvalue weighted by Gasteiger charge is -2.06. The van der Waals surface area contributed by atoms with Crippen molar-refractivity contribution in [3.63, 3.8) is 0 Å². The number of fused-ring (bicyclic) bond motifs is 1. The van der Waals surface area contributed by atoms with Crippen molar-refractivity contribution in [1.82, 2.24) is 4.98 Å². The molecule has 0 aliphatic rings. The summed E-state index contributed by atoms with van der Waals surface area (Å²) in [5.74, 6) is -0.161. The number of rotatable bonds is 5. The van der Waals surface area contributed by atoms with Crippen molar-refractivity contribution in [2.75, 3.05) is 5.32 Å². The highest BCUT2D eigenvalue weighted by Gasteiger charge is 2.16. The number of benzene rings is 3. The van der Waals surface area contributed by atoms with E-state index in [9.17, 15) is 20.0 Å². The van der Waals surface area contributed by atoms with Gasteiger partial charge in [0.1, 0.15) is 16.5 Å². The molecule has 0 fully saturated rings. The number of hydrogen-bond acceptors (Lipinski definition) is 7. The summed E-state index contributed by atoms with van der Waals surface area (Å²) in [6.45, 7) is 0. The molecule has 0 aliphatic carbocycles. The average molecular weight is 457 g/mol. The van der Waals surface area contributed by atoms with Gasteiger partial charge in [-0.1, -0.05) is 24.3 Å². The van der Waals surface area contributed by atoms with Crippen LogP contribution in [0.25, 0.3) is 32.1 Å². The number of furan rings is 1. The Morgan fingerprint density at radius 1 is 1.03 bits per heavy atom. The smallest absolute Gasteiger partial charge is 0.291 e. The van der Waals surface area contributed by atoms with Gasteiger partial charge >= 0.3 is 0 Å². The number of aromatic hydroxyl groups is 1. The Morgan fingerprint density at radius 2 is 1.88 bits per heavy atom. The Balaban J connectivity index is 1.35. The van der Waals surface area contributed by atoms with E-state index in [0.29, 0.717) is 27.6 Å². The molecule has 3 aromatic carbocycles. The summed E-state index contributed by atoms with van der Waals surface area (Å²) in [4.78, 5) is 27.6. The van der Waals surface area contributed by atoms with E-state index >= 15 is 0 Å². The number of aromatic nitrogens is 1. The van der Waals surface area contributed by atoms with Crippen LogP contribution >= 0.6 is 11.3 Å². The van der Waals surface area contributed by atoms with Crippen molar-refractivity contribution in [2.24, 2.45) is 0 Å². The third kappa shape index (κ3) is 4.04. The highest BCUT2D eigenvalue weighted by molar-refractivity contribution is 7.21. The van der Waals surface area contributed by atoms with Crippen molar-refractivity contribution < 1.29 is 19.2 Å². The molecule has 162 valence electrons. The fourth-order valence-electron chi connectivity index (χ4n) is 3.36. The lowest BCUT2D eigenvalue weighted by Crippen LogP contribution is -2.10. The molecule has 0 radical (unpaired) electrons. The summed E-state index contributed by atoms with van der Waals surface area (Å²) in [6, 6.07) is 21.5. The number of carbonyl (C=O) groups is 1. The summed E-state index contributed by atoms with van der Waals surface area (Å²) in [5, 5.41) is 24.9. The summed E-state index contributed by atoms with van der Waals surface area (Å²) in [5.41, 5.74) is 2.22. The van der Waals surface area contributed by atoms with Gasteiger partial charge in [-0.25, -0.2) is 4.98 Å². The number of phenolic OH excluding ortho intramolecular Hbond substituents is 1. The minimum Gasteiger partial charge on any atom is -0.507 e. The van der Waals surface area contributed by atoms with E-state index in [2.05, 4.69) is 10.3 Å². The number of nitro benzene ring substituents is 1. The van der Waals surface area contributed by atoms with E-state index < -0.39 is 10.8 Å². The number of thiazole rings is 1. The second-order valence-electron chi connectivity index (χ2n) is 7.14. The van der Waals surface area contributed by atoms with E-state index in [1.807, 2.05) is 24.3 Å². The third-order valence-electron chi connectivity index (χ3n) is 4.95. The maximum absolute atomic E-state index is 12.6. The van der Waals surface area contributed by atoms with Crippen molar-refractivity contribution in [2.45, 2.75) is 0 Å². The number of nitrogens with one attached hydrogen (secondary N) is 1. The van der Waals surface area contributed by atoms with Crippen molar-refractivity contribution in [3.05, 3.63) is 94.7 Å². The van der Waals surface area contributed by atoms with Crippen LogP contribution in [0.2, 0.25) is 0 Å². The van der Waals surface area contributed by atoms with Crippen LogP contribution in [0.4, 0.5) is 11.4 Å². The molecule has 0 aliphatic heterocycles. The van der Waals surface area contributed by atoms with Crippen LogP contribution in [0.15, 0.2) is 83.3 Å². The number of amides is 1. The van der Waals surface area contributed by atoms with E-state index in [-0.39, 0.29) is 17.2 Å². The van der Waals surface area contributed by atoms with Crippen LogP contribution in [0.5, 0.6) is 5.75 Å². The second kappa shape index (κ2) is 8.21. The first-order valence-electron chi connectivity index (χ1n) is 9.83. The third-order valence-corrected chi connectivity index (χ3v) is 6.02. The summed E-state index contributed by atoms with van der Waals surface area (Å²) < 4.78 is 6.61. The van der Waals surface area contributed by atoms with Gasteiger partial charge < -0.3 is 14.8 Å². The molecule has 1 amide bonds. The molecule has 0 bridgehead atoms. The van der Waals surface area contributed by atoms with Crippen molar-refractivity contribution in [3.8, 4) is 27.6 Å². The predicted octanol–water partition coefficient (Wildman–Crippen LogP) is 6.09. The first kappa shape index (κ1) is 20.4. The number of nitro groups is 1. The fraction of sp³-hybridized carbons (Fsp3) is 0. The maximum Gasteiger partial charge on any atom is 0.291 e. The molecular weight excluding hydrogens is 442 g/mol. The molecule has 0 unspecified atom stereocenters. The standard InChI is InChI=1S/C24H15N3O5S/c28-19-13-15(8-9-17(19)24-26-18-6-1-2-7-22(18)33-24)25-23(29)21-11-10-20(32-21)14-4-3-5-16(12-14)27(30)31/h1-13,28H,(H,25,29). The highest BCUT2D eigenvalue weighted by Crippen LogP contribution is 2.36. The fourth-order valence-corrected chi connectivity index (χ4v) is 4.36. The summed E-state index contributed by atoms with van der Waals surface area (Å²) in [6.07, 6.45) is 0. The van der Waals surface area contributed by atoms with Crippen LogP contribution < -0.4 is 5.32 Å². The molecule has 0 saturated heterocycles. The molecule has 33 heavy (non-hydrogen) atoms. The number of anilines is 1. The van der Waals surface area contributed by atoms with Gasteiger partial charge in [0, 0.05) is 29.4 Å². The number of hydrogen-bond donors (Lipinski definition) is 2. The van der Waals surface area contributed by atoms with E-state index in [0.717, 1.165) is 10.2 Å². The van der Waals surface area contributed by atoms with E-state index in [1.54, 1.807) is 30.3 Å². The topological polar surface area (TPSA) is 119 Å². The molecule has 5 aromatic rings. The Hall–Kier alpha value is -4.50. The van der Waals surface area contributed by atoms with E-state index in [4.69, 9.17) is 4.42 Å². The summed E-state index contributed by atoms with van der Waals surface area (Å²) in [7, 11) is 0. The molecule has 2 aromatic heterocycles. The second-order valence-corrected chi connectivity index (χ2v) is 8.17. The Kier molecular flexibility index (Phi) is 5.08. The zero-order valence-electron chi connectivity index (χ0n) is 16.9. The van der Waals surface area contributed by atoms with Gasteiger partial charge in [-0.15, -0.1) is 11.3 Å². The Labute approximate surface area is 190 Å². The van der Waals surface area contributed by atoms with Gasteiger partial charge in [-0.3, -0.25) is 14.9 Å². The normalized spacial score (nSPS) is 10.9. The van der Waals surface area contributed by atoms with Crippen LogP contribution in [0.3, 0.4) is 0 Å². The van der Waals surface area contributed by atoms with Crippen molar-refractivity contribution >= 4 is 38.8 Å². The largest absolute Gasteiger partial charge is 0.507 e. The molecular formula is C24H15N3O5S. The molecule has 8 nitrogen and oxygen atoms in total. The SMILES string of the molecule is O=C(Nc1ccc(-c2nc3ccccc3s2)c(O)c1)c1ccc(-c2cccc([N+](=O)[O-])c2)o1. The number of carbonyl (C=O) groups excluding carboxylic acids is 1. The minimum absolute atomic E-state index is 0.0106. The first-order chi connectivity index (χ1) is 16.0. The monoisotopic (exact) mass is 457 g/mol. The maximum atomic E-state index is 12.6. The number of para-hydroxylation sites is 1.